The van der Waals surface area contributed by atoms with E-state index in [1.165, 1.54) is 24.3 Å². The molecule has 0 spiro atoms. The van der Waals surface area contributed by atoms with E-state index >= 15 is 0 Å². The molecule has 0 saturated carbocycles. The highest BCUT2D eigenvalue weighted by atomic mass is 19.1. The summed E-state index contributed by atoms with van der Waals surface area (Å²) in [4.78, 5) is 36.4. The number of ether oxygens (including phenoxy) is 2. The molecule has 8 nitrogen and oxygen atoms in total. The van der Waals surface area contributed by atoms with Crippen LogP contribution in [0.2, 0.25) is 0 Å². The molecule has 2 heterocycles. The summed E-state index contributed by atoms with van der Waals surface area (Å²) in [5.74, 6) is -1.65. The first kappa shape index (κ1) is 22.5. The van der Waals surface area contributed by atoms with Gasteiger partial charge in [0, 0.05) is 18.5 Å². The number of anilines is 1. The minimum Gasteiger partial charge on any atom is -0.492 e. The van der Waals surface area contributed by atoms with Gasteiger partial charge in [0.1, 0.15) is 24.0 Å². The molecule has 0 aromatic heterocycles. The summed E-state index contributed by atoms with van der Waals surface area (Å²) in [5, 5.41) is 7.96. The Balaban J connectivity index is 1.48. The topological polar surface area (TPSA) is 106 Å². The smallest absolute Gasteiger partial charge is 0.407 e. The second-order valence-electron chi connectivity index (χ2n) is 7.99. The zero-order valence-electron chi connectivity index (χ0n) is 17.9. The van der Waals surface area contributed by atoms with Crippen LogP contribution in [0.4, 0.5) is 19.3 Å². The number of benzene rings is 2. The molecule has 2 atom stereocenters. The highest BCUT2D eigenvalue weighted by Crippen LogP contribution is 2.37. The Bertz CT molecular complexity index is 1110. The van der Waals surface area contributed by atoms with Crippen molar-refractivity contribution in [3.05, 3.63) is 58.7 Å². The molecular formula is C23H23F2N3O5. The molecule has 1 fully saturated rings. The van der Waals surface area contributed by atoms with Gasteiger partial charge in [-0.05, 0) is 49.2 Å². The number of fused-ring (bicyclic) bond motifs is 1. The highest BCUT2D eigenvalue weighted by molar-refractivity contribution is 6.06. The van der Waals surface area contributed by atoms with Gasteiger partial charge in [0.15, 0.2) is 0 Å². The molecule has 0 bridgehead atoms. The highest BCUT2D eigenvalue weighted by Gasteiger charge is 2.31. The maximum absolute atomic E-state index is 14.7. The van der Waals surface area contributed by atoms with Crippen LogP contribution in [0.15, 0.2) is 30.3 Å². The van der Waals surface area contributed by atoms with Gasteiger partial charge in [-0.3, -0.25) is 9.59 Å². The van der Waals surface area contributed by atoms with Crippen molar-refractivity contribution in [2.45, 2.75) is 38.3 Å². The van der Waals surface area contributed by atoms with E-state index in [1.54, 1.807) is 6.92 Å². The third-order valence-corrected chi connectivity index (χ3v) is 5.60. The molecule has 3 amide bonds. The molecule has 2 aliphatic rings. The second kappa shape index (κ2) is 9.43. The molecule has 10 heteroatoms. The van der Waals surface area contributed by atoms with Crippen LogP contribution in [-0.2, 0) is 9.53 Å². The molecule has 0 aliphatic carbocycles. The number of alkyl carbamates (subject to hydrolysis) is 1. The van der Waals surface area contributed by atoms with E-state index in [9.17, 15) is 23.2 Å². The summed E-state index contributed by atoms with van der Waals surface area (Å²) in [6, 6.07) is 5.56. The van der Waals surface area contributed by atoms with Gasteiger partial charge in [-0.1, -0.05) is 0 Å². The van der Waals surface area contributed by atoms with Crippen LogP contribution in [0.3, 0.4) is 0 Å². The molecule has 3 N–H and O–H groups in total. The summed E-state index contributed by atoms with van der Waals surface area (Å²) in [6.07, 6.45) is 0.482. The predicted octanol–water partition coefficient (Wildman–Crippen LogP) is 3.35. The molecule has 1 saturated heterocycles. The van der Waals surface area contributed by atoms with E-state index < -0.39 is 29.7 Å². The van der Waals surface area contributed by atoms with E-state index in [2.05, 4.69) is 16.0 Å². The van der Waals surface area contributed by atoms with Gasteiger partial charge in [0.05, 0.1) is 29.8 Å². The molecule has 4 rings (SSSR count). The average molecular weight is 459 g/mol. The van der Waals surface area contributed by atoms with Gasteiger partial charge < -0.3 is 25.4 Å². The zero-order chi connectivity index (χ0) is 23.5. The van der Waals surface area contributed by atoms with E-state index in [4.69, 9.17) is 9.47 Å². The fourth-order valence-corrected chi connectivity index (χ4v) is 3.89. The summed E-state index contributed by atoms with van der Waals surface area (Å²) >= 11 is 0. The number of carbonyl (C=O) groups is 3. The van der Waals surface area contributed by atoms with Gasteiger partial charge in [0.25, 0.3) is 5.91 Å². The van der Waals surface area contributed by atoms with Crippen molar-refractivity contribution in [3.8, 4) is 5.75 Å². The van der Waals surface area contributed by atoms with Gasteiger partial charge in [-0.15, -0.1) is 0 Å². The van der Waals surface area contributed by atoms with E-state index in [0.717, 1.165) is 6.07 Å². The van der Waals surface area contributed by atoms with Gasteiger partial charge in [-0.2, -0.15) is 0 Å². The number of halogens is 2. The number of rotatable bonds is 5. The molecule has 0 unspecified atom stereocenters. The first-order valence-corrected chi connectivity index (χ1v) is 10.6. The molecule has 2 aromatic carbocycles. The lowest BCUT2D eigenvalue weighted by Crippen LogP contribution is -2.37. The minimum atomic E-state index is -0.764. The summed E-state index contributed by atoms with van der Waals surface area (Å²) in [5.41, 5.74) is 0.882. The molecule has 33 heavy (non-hydrogen) atoms. The van der Waals surface area contributed by atoms with Crippen molar-refractivity contribution in [2.75, 3.05) is 18.5 Å². The second-order valence-corrected chi connectivity index (χ2v) is 7.99. The third-order valence-electron chi connectivity index (χ3n) is 5.60. The quantitative estimate of drug-likeness (QED) is 0.636. The summed E-state index contributed by atoms with van der Waals surface area (Å²) < 4.78 is 39.0. The van der Waals surface area contributed by atoms with Crippen molar-refractivity contribution >= 4 is 23.6 Å². The maximum atomic E-state index is 14.7. The Kier molecular flexibility index (Phi) is 6.43. The number of hydrogen-bond acceptors (Lipinski definition) is 5. The predicted molar refractivity (Wildman–Crippen MR) is 114 cm³/mol. The molecular weight excluding hydrogens is 436 g/mol. The number of carbonyl (C=O) groups excluding carboxylic acids is 3. The number of amides is 3. The van der Waals surface area contributed by atoms with Crippen molar-refractivity contribution in [3.63, 3.8) is 0 Å². The maximum Gasteiger partial charge on any atom is 0.407 e. The SMILES string of the molecule is Cc1cc(NC(=O)c2ccc(F)c3c2OCC[C@@H]3NC(=O)OC[C@H]2CCC(=O)N2)ccc1F. The fourth-order valence-electron chi connectivity index (χ4n) is 3.89. The van der Waals surface area contributed by atoms with Crippen LogP contribution in [0.25, 0.3) is 0 Å². The van der Waals surface area contributed by atoms with Gasteiger partial charge in [0.2, 0.25) is 5.91 Å². The normalized spacial score (nSPS) is 19.2. The molecule has 2 aliphatic heterocycles. The Morgan fingerprint density at radius 3 is 2.70 bits per heavy atom. The van der Waals surface area contributed by atoms with Crippen molar-refractivity contribution in [1.82, 2.24) is 10.6 Å². The summed E-state index contributed by atoms with van der Waals surface area (Å²) in [6.45, 7) is 1.73. The lowest BCUT2D eigenvalue weighted by molar-refractivity contribution is -0.119. The third kappa shape index (κ3) is 5.05. The van der Waals surface area contributed by atoms with Crippen LogP contribution in [0, 0.1) is 18.6 Å². The molecule has 174 valence electrons. The lowest BCUT2D eigenvalue weighted by Gasteiger charge is -2.28. The van der Waals surface area contributed by atoms with Crippen LogP contribution in [0.5, 0.6) is 5.75 Å². The Morgan fingerprint density at radius 2 is 1.97 bits per heavy atom. The van der Waals surface area contributed by atoms with Crippen molar-refractivity contribution in [2.24, 2.45) is 0 Å². The lowest BCUT2D eigenvalue weighted by atomic mass is 9.96. The molecule has 0 radical (unpaired) electrons. The fraction of sp³-hybridized carbons (Fsp3) is 0.348. The Hall–Kier alpha value is -3.69. The first-order valence-electron chi connectivity index (χ1n) is 10.6. The average Bonchev–Trinajstić information content (AvgIpc) is 3.20. The molecule has 2 aromatic rings. The van der Waals surface area contributed by atoms with E-state index in [-0.39, 0.29) is 48.5 Å². The van der Waals surface area contributed by atoms with Crippen LogP contribution in [0.1, 0.15) is 46.8 Å². The minimum absolute atomic E-state index is 0.00959. The summed E-state index contributed by atoms with van der Waals surface area (Å²) in [7, 11) is 0. The Labute approximate surface area is 188 Å². The first-order chi connectivity index (χ1) is 15.8. The van der Waals surface area contributed by atoms with Gasteiger partial charge in [-0.25, -0.2) is 13.6 Å². The number of aryl methyl sites for hydroxylation is 1. The standard InChI is InChI=1S/C23H23F2N3O5/c1-12-10-13(2-5-16(12)24)27-22(30)15-4-6-17(25)20-18(8-9-32-21(15)20)28-23(31)33-11-14-3-7-19(29)26-14/h2,4-6,10,14,18H,3,7-9,11H2,1H3,(H,26,29)(H,27,30)(H,28,31)/t14-,18+/m1/s1. The largest absolute Gasteiger partial charge is 0.492 e. The zero-order valence-corrected chi connectivity index (χ0v) is 17.9. The Morgan fingerprint density at radius 1 is 1.18 bits per heavy atom. The van der Waals surface area contributed by atoms with Crippen LogP contribution < -0.4 is 20.7 Å². The van der Waals surface area contributed by atoms with Crippen molar-refractivity contribution < 1.29 is 32.6 Å². The van der Waals surface area contributed by atoms with E-state index in [1.807, 2.05) is 0 Å². The van der Waals surface area contributed by atoms with Crippen molar-refractivity contribution in [1.29, 1.82) is 0 Å². The number of nitrogens with one attached hydrogen (secondary N) is 3. The van der Waals surface area contributed by atoms with Gasteiger partial charge >= 0.3 is 6.09 Å². The number of hydrogen-bond donors (Lipinski definition) is 3. The van der Waals surface area contributed by atoms with Crippen LogP contribution in [-0.4, -0.2) is 37.2 Å². The van der Waals surface area contributed by atoms with E-state index in [0.29, 0.717) is 24.1 Å². The monoisotopic (exact) mass is 459 g/mol. The van der Waals surface area contributed by atoms with Crippen LogP contribution >= 0.6 is 0 Å².